The first-order valence-electron chi connectivity index (χ1n) is 6.97. The number of nitrogens with one attached hydrogen (secondary N) is 1. The maximum absolute atomic E-state index is 6.27. The van der Waals surface area contributed by atoms with Gasteiger partial charge in [0.05, 0.1) is 11.7 Å². The molecule has 3 aromatic rings. The van der Waals surface area contributed by atoms with Crippen molar-refractivity contribution in [3.8, 4) is 0 Å². The lowest BCUT2D eigenvalue weighted by Gasteiger charge is -2.19. The van der Waals surface area contributed by atoms with Crippen LogP contribution in [-0.2, 0) is 0 Å². The van der Waals surface area contributed by atoms with Crippen molar-refractivity contribution in [1.82, 2.24) is 10.3 Å². The Balaban J connectivity index is 2.16. The van der Waals surface area contributed by atoms with Crippen LogP contribution in [0.5, 0.6) is 0 Å². The highest BCUT2D eigenvalue weighted by molar-refractivity contribution is 6.31. The maximum atomic E-state index is 6.27. The van der Waals surface area contributed by atoms with Gasteiger partial charge >= 0.3 is 0 Å². The summed E-state index contributed by atoms with van der Waals surface area (Å²) in [6.07, 6.45) is 1.86. The van der Waals surface area contributed by atoms with E-state index in [1.165, 1.54) is 5.39 Å². The number of hydrogen-bond acceptors (Lipinski definition) is 2. The van der Waals surface area contributed by atoms with Crippen molar-refractivity contribution in [2.75, 3.05) is 7.05 Å². The summed E-state index contributed by atoms with van der Waals surface area (Å²) in [5, 5.41) is 6.50. The quantitative estimate of drug-likeness (QED) is 0.769. The Morgan fingerprint density at radius 2 is 1.90 bits per heavy atom. The number of fused-ring (bicyclic) bond motifs is 1. The molecule has 1 aromatic heterocycles. The fraction of sp³-hybridized carbons (Fsp3) is 0.167. The molecule has 2 aromatic carbocycles. The van der Waals surface area contributed by atoms with Gasteiger partial charge in [0.15, 0.2) is 0 Å². The number of hydrogen-bond donors (Lipinski definition) is 1. The van der Waals surface area contributed by atoms with Gasteiger partial charge in [0.2, 0.25) is 0 Å². The molecule has 0 spiro atoms. The van der Waals surface area contributed by atoms with Gasteiger partial charge in [-0.1, -0.05) is 48.0 Å². The largest absolute Gasteiger partial charge is 0.308 e. The van der Waals surface area contributed by atoms with Gasteiger partial charge in [-0.2, -0.15) is 0 Å². The van der Waals surface area contributed by atoms with Crippen molar-refractivity contribution in [3.63, 3.8) is 0 Å². The lowest BCUT2D eigenvalue weighted by atomic mass is 9.98. The highest BCUT2D eigenvalue weighted by Gasteiger charge is 2.16. The van der Waals surface area contributed by atoms with Crippen molar-refractivity contribution in [1.29, 1.82) is 0 Å². The van der Waals surface area contributed by atoms with E-state index in [9.17, 15) is 0 Å². The minimum absolute atomic E-state index is 0.0224. The van der Waals surface area contributed by atoms with Crippen LogP contribution >= 0.6 is 11.6 Å². The molecule has 3 rings (SSSR count). The third-order valence-corrected chi connectivity index (χ3v) is 4.20. The molecule has 21 heavy (non-hydrogen) atoms. The van der Waals surface area contributed by atoms with Gasteiger partial charge in [0.25, 0.3) is 0 Å². The standard InChI is InChI=1S/C18H17ClN2/c1-12-7-8-14(11-16(12)19)17(20-2)18-15-6-4-3-5-13(15)9-10-21-18/h3-11,17,20H,1-2H3. The fourth-order valence-electron chi connectivity index (χ4n) is 2.62. The van der Waals surface area contributed by atoms with E-state index in [-0.39, 0.29) is 6.04 Å². The zero-order chi connectivity index (χ0) is 14.8. The summed E-state index contributed by atoms with van der Waals surface area (Å²) in [6.45, 7) is 2.01. The van der Waals surface area contributed by atoms with Crippen LogP contribution in [0.4, 0.5) is 0 Å². The Morgan fingerprint density at radius 3 is 2.67 bits per heavy atom. The van der Waals surface area contributed by atoms with E-state index in [1.807, 2.05) is 50.5 Å². The zero-order valence-corrected chi connectivity index (χ0v) is 12.9. The molecule has 0 aliphatic rings. The molecular formula is C18H17ClN2. The Bertz CT molecular complexity index is 778. The van der Waals surface area contributed by atoms with Crippen LogP contribution in [-0.4, -0.2) is 12.0 Å². The van der Waals surface area contributed by atoms with Gasteiger partial charge in [-0.05, 0) is 42.6 Å². The van der Waals surface area contributed by atoms with E-state index in [0.717, 1.165) is 27.2 Å². The molecule has 1 N–H and O–H groups in total. The second-order valence-electron chi connectivity index (χ2n) is 5.15. The molecule has 1 unspecified atom stereocenters. The molecule has 0 saturated heterocycles. The number of benzene rings is 2. The topological polar surface area (TPSA) is 24.9 Å². The molecule has 0 aliphatic carbocycles. The molecule has 0 fully saturated rings. The molecule has 2 nitrogen and oxygen atoms in total. The third kappa shape index (κ3) is 2.65. The van der Waals surface area contributed by atoms with Crippen molar-refractivity contribution in [3.05, 3.63) is 76.6 Å². The first kappa shape index (κ1) is 14.1. The van der Waals surface area contributed by atoms with Crippen molar-refractivity contribution in [2.45, 2.75) is 13.0 Å². The van der Waals surface area contributed by atoms with Crippen molar-refractivity contribution < 1.29 is 0 Å². The molecule has 3 heteroatoms. The van der Waals surface area contributed by atoms with E-state index in [4.69, 9.17) is 11.6 Å². The molecule has 1 heterocycles. The summed E-state index contributed by atoms with van der Waals surface area (Å²) >= 11 is 6.27. The lowest BCUT2D eigenvalue weighted by molar-refractivity contribution is 0.677. The van der Waals surface area contributed by atoms with Crippen molar-refractivity contribution in [2.24, 2.45) is 0 Å². The SMILES string of the molecule is CNC(c1ccc(C)c(Cl)c1)c1nccc2ccccc12. The van der Waals surface area contributed by atoms with Crippen LogP contribution in [0.2, 0.25) is 5.02 Å². The monoisotopic (exact) mass is 296 g/mol. The predicted molar refractivity (Wildman–Crippen MR) is 88.8 cm³/mol. The Hall–Kier alpha value is -1.90. The van der Waals surface area contributed by atoms with Gasteiger partial charge in [0.1, 0.15) is 0 Å². The van der Waals surface area contributed by atoms with Gasteiger partial charge in [-0.3, -0.25) is 4.98 Å². The molecule has 0 radical (unpaired) electrons. The summed E-state index contributed by atoms with van der Waals surface area (Å²) in [6, 6.07) is 16.5. The molecule has 1 atom stereocenters. The Labute approximate surface area is 129 Å². The molecule has 0 amide bonds. The van der Waals surface area contributed by atoms with E-state index in [0.29, 0.717) is 0 Å². The average molecular weight is 297 g/mol. The van der Waals surface area contributed by atoms with Gasteiger partial charge in [0, 0.05) is 16.6 Å². The normalized spacial score (nSPS) is 12.5. The highest BCUT2D eigenvalue weighted by atomic mass is 35.5. The zero-order valence-electron chi connectivity index (χ0n) is 12.1. The van der Waals surface area contributed by atoms with Crippen LogP contribution in [0.1, 0.15) is 22.9 Å². The van der Waals surface area contributed by atoms with Gasteiger partial charge in [-0.15, -0.1) is 0 Å². The number of halogens is 1. The highest BCUT2D eigenvalue weighted by Crippen LogP contribution is 2.29. The summed E-state index contributed by atoms with van der Waals surface area (Å²) in [5.41, 5.74) is 3.23. The summed E-state index contributed by atoms with van der Waals surface area (Å²) in [7, 11) is 1.95. The van der Waals surface area contributed by atoms with Crippen LogP contribution in [0.3, 0.4) is 0 Å². The minimum atomic E-state index is 0.0224. The van der Waals surface area contributed by atoms with E-state index in [1.54, 1.807) is 0 Å². The maximum Gasteiger partial charge on any atom is 0.0755 e. The number of aryl methyl sites for hydroxylation is 1. The first-order chi connectivity index (χ1) is 10.2. The molecule has 0 aliphatic heterocycles. The summed E-state index contributed by atoms with van der Waals surface area (Å²) in [4.78, 5) is 4.60. The molecule has 0 saturated carbocycles. The van der Waals surface area contributed by atoms with E-state index < -0.39 is 0 Å². The smallest absolute Gasteiger partial charge is 0.0755 e. The van der Waals surface area contributed by atoms with Gasteiger partial charge < -0.3 is 5.32 Å². The number of nitrogens with zero attached hydrogens (tertiary/aromatic N) is 1. The second-order valence-corrected chi connectivity index (χ2v) is 5.55. The average Bonchev–Trinajstić information content (AvgIpc) is 2.52. The fourth-order valence-corrected chi connectivity index (χ4v) is 2.81. The second kappa shape index (κ2) is 5.84. The number of pyridine rings is 1. The predicted octanol–water partition coefficient (Wildman–Crippen LogP) is 4.51. The molecule has 106 valence electrons. The van der Waals surface area contributed by atoms with E-state index >= 15 is 0 Å². The molecular weight excluding hydrogens is 280 g/mol. The van der Waals surface area contributed by atoms with Crippen LogP contribution in [0.15, 0.2) is 54.7 Å². The summed E-state index contributed by atoms with van der Waals surface area (Å²) < 4.78 is 0. The van der Waals surface area contributed by atoms with Crippen LogP contribution < -0.4 is 5.32 Å². The minimum Gasteiger partial charge on any atom is -0.308 e. The molecule has 0 bridgehead atoms. The lowest BCUT2D eigenvalue weighted by Crippen LogP contribution is -2.19. The van der Waals surface area contributed by atoms with Crippen LogP contribution in [0.25, 0.3) is 10.8 Å². The van der Waals surface area contributed by atoms with Crippen LogP contribution in [0, 0.1) is 6.92 Å². The Morgan fingerprint density at radius 1 is 1.10 bits per heavy atom. The van der Waals surface area contributed by atoms with Crippen molar-refractivity contribution >= 4 is 22.4 Å². The third-order valence-electron chi connectivity index (χ3n) is 3.80. The Kier molecular flexibility index (Phi) is 3.91. The first-order valence-corrected chi connectivity index (χ1v) is 7.35. The van der Waals surface area contributed by atoms with Gasteiger partial charge in [-0.25, -0.2) is 0 Å². The number of aromatic nitrogens is 1. The number of rotatable bonds is 3. The van der Waals surface area contributed by atoms with E-state index in [2.05, 4.69) is 28.5 Å². The summed E-state index contributed by atoms with van der Waals surface area (Å²) in [5.74, 6) is 0.